The molecule has 0 radical (unpaired) electrons. The molecule has 0 saturated carbocycles. The second-order valence-electron chi connectivity index (χ2n) is 4.83. The summed E-state index contributed by atoms with van der Waals surface area (Å²) >= 11 is 1.55. The van der Waals surface area contributed by atoms with E-state index in [2.05, 4.69) is 20.5 Å². The number of carbonyl (C=O) groups excluding carboxylic acids is 1. The lowest BCUT2D eigenvalue weighted by molar-refractivity contribution is 0.0936. The van der Waals surface area contributed by atoms with E-state index < -0.39 is 0 Å². The zero-order valence-electron chi connectivity index (χ0n) is 12.1. The van der Waals surface area contributed by atoms with Gasteiger partial charge in [-0.2, -0.15) is 5.10 Å². The summed E-state index contributed by atoms with van der Waals surface area (Å²) in [6.07, 6.45) is 4.10. The first-order chi connectivity index (χ1) is 10.8. The van der Waals surface area contributed by atoms with Crippen molar-refractivity contribution in [1.82, 2.24) is 20.5 Å². The van der Waals surface area contributed by atoms with Gasteiger partial charge in [-0.15, -0.1) is 11.3 Å². The third-order valence-corrected chi connectivity index (χ3v) is 4.30. The first-order valence-electron chi connectivity index (χ1n) is 7.08. The molecule has 2 aromatic heterocycles. The first kappa shape index (κ1) is 14.5. The minimum atomic E-state index is -0.144. The summed E-state index contributed by atoms with van der Waals surface area (Å²) in [6, 6.07) is 9.62. The van der Waals surface area contributed by atoms with Crippen LogP contribution in [0.5, 0.6) is 0 Å². The van der Waals surface area contributed by atoms with Gasteiger partial charge in [0.25, 0.3) is 5.91 Å². The number of carbonyl (C=O) groups is 1. The molecule has 0 aliphatic rings. The standard InChI is InChI=1S/C16H16N4OS/c1-2-13(16-17-8-9-22-16)19-15(21)12-10-18-20-14(12)11-6-4-3-5-7-11/h3-10,13H,2H2,1H3,(H,18,20)(H,19,21)/t13-/m1/s1. The van der Waals surface area contributed by atoms with E-state index in [9.17, 15) is 4.79 Å². The van der Waals surface area contributed by atoms with Crippen molar-refractivity contribution in [3.63, 3.8) is 0 Å². The van der Waals surface area contributed by atoms with Crippen molar-refractivity contribution in [1.29, 1.82) is 0 Å². The number of rotatable bonds is 5. The second kappa shape index (κ2) is 6.53. The quantitative estimate of drug-likeness (QED) is 0.758. The van der Waals surface area contributed by atoms with Gasteiger partial charge in [-0.05, 0) is 6.42 Å². The van der Waals surface area contributed by atoms with Gasteiger partial charge in [-0.1, -0.05) is 37.3 Å². The Morgan fingerprint density at radius 2 is 2.18 bits per heavy atom. The Morgan fingerprint density at radius 1 is 1.36 bits per heavy atom. The number of thiazole rings is 1. The van der Waals surface area contributed by atoms with Gasteiger partial charge in [0, 0.05) is 17.1 Å². The molecule has 5 nitrogen and oxygen atoms in total. The van der Waals surface area contributed by atoms with Crippen LogP contribution in [-0.4, -0.2) is 21.1 Å². The van der Waals surface area contributed by atoms with Crippen molar-refractivity contribution >= 4 is 17.2 Å². The molecule has 0 spiro atoms. The maximum Gasteiger partial charge on any atom is 0.255 e. The fraction of sp³-hybridized carbons (Fsp3) is 0.188. The molecule has 2 N–H and O–H groups in total. The number of amides is 1. The highest BCUT2D eigenvalue weighted by Gasteiger charge is 2.20. The topological polar surface area (TPSA) is 70.7 Å². The number of H-pyrrole nitrogens is 1. The van der Waals surface area contributed by atoms with E-state index in [0.29, 0.717) is 5.56 Å². The minimum Gasteiger partial charge on any atom is -0.343 e. The van der Waals surface area contributed by atoms with Crippen LogP contribution >= 0.6 is 11.3 Å². The summed E-state index contributed by atoms with van der Waals surface area (Å²) in [5.41, 5.74) is 2.21. The van der Waals surface area contributed by atoms with Crippen molar-refractivity contribution in [2.45, 2.75) is 19.4 Å². The highest BCUT2D eigenvalue weighted by Crippen LogP contribution is 2.23. The van der Waals surface area contributed by atoms with Crippen molar-refractivity contribution in [3.05, 3.63) is 58.7 Å². The first-order valence-corrected chi connectivity index (χ1v) is 7.96. The van der Waals surface area contributed by atoms with E-state index in [0.717, 1.165) is 22.7 Å². The summed E-state index contributed by atoms with van der Waals surface area (Å²) < 4.78 is 0. The van der Waals surface area contributed by atoms with E-state index in [1.165, 1.54) is 0 Å². The van der Waals surface area contributed by atoms with Gasteiger partial charge in [0.15, 0.2) is 0 Å². The van der Waals surface area contributed by atoms with Crippen LogP contribution in [0.15, 0.2) is 48.1 Å². The summed E-state index contributed by atoms with van der Waals surface area (Å²) in [5, 5.41) is 12.8. The molecular formula is C16H16N4OS. The third-order valence-electron chi connectivity index (χ3n) is 3.41. The zero-order valence-corrected chi connectivity index (χ0v) is 12.9. The van der Waals surface area contributed by atoms with Gasteiger partial charge in [0.2, 0.25) is 0 Å². The Kier molecular flexibility index (Phi) is 4.29. The Bertz CT molecular complexity index is 737. The van der Waals surface area contributed by atoms with Crippen molar-refractivity contribution in [3.8, 4) is 11.3 Å². The van der Waals surface area contributed by atoms with Gasteiger partial charge < -0.3 is 5.32 Å². The van der Waals surface area contributed by atoms with E-state index in [1.807, 2.05) is 42.6 Å². The highest BCUT2D eigenvalue weighted by atomic mass is 32.1. The SMILES string of the molecule is CC[C@@H](NC(=O)c1cn[nH]c1-c1ccccc1)c1nccs1. The molecule has 6 heteroatoms. The number of nitrogens with zero attached hydrogens (tertiary/aromatic N) is 2. The Labute approximate surface area is 132 Å². The van der Waals surface area contributed by atoms with Crippen molar-refractivity contribution in [2.24, 2.45) is 0 Å². The number of aromatic amines is 1. The maximum absolute atomic E-state index is 12.6. The zero-order chi connectivity index (χ0) is 15.4. The Balaban J connectivity index is 1.83. The minimum absolute atomic E-state index is 0.0778. The van der Waals surface area contributed by atoms with E-state index in [-0.39, 0.29) is 11.9 Å². The second-order valence-corrected chi connectivity index (χ2v) is 5.76. The van der Waals surface area contributed by atoms with Crippen LogP contribution in [0.1, 0.15) is 34.8 Å². The fourth-order valence-corrected chi connectivity index (χ4v) is 3.04. The van der Waals surface area contributed by atoms with Gasteiger partial charge in [0.1, 0.15) is 5.01 Å². The molecule has 0 saturated heterocycles. The van der Waals surface area contributed by atoms with Crippen LogP contribution in [0.4, 0.5) is 0 Å². The molecule has 112 valence electrons. The van der Waals surface area contributed by atoms with Crippen LogP contribution < -0.4 is 5.32 Å². The van der Waals surface area contributed by atoms with Gasteiger partial charge in [-0.25, -0.2) is 4.98 Å². The van der Waals surface area contributed by atoms with Crippen LogP contribution in [0, 0.1) is 0 Å². The van der Waals surface area contributed by atoms with E-state index >= 15 is 0 Å². The Morgan fingerprint density at radius 3 is 2.86 bits per heavy atom. The normalized spacial score (nSPS) is 12.0. The molecule has 1 aromatic carbocycles. The summed E-state index contributed by atoms with van der Waals surface area (Å²) in [4.78, 5) is 16.9. The molecule has 0 bridgehead atoms. The number of hydrogen-bond donors (Lipinski definition) is 2. The molecule has 0 fully saturated rings. The number of nitrogens with one attached hydrogen (secondary N) is 2. The molecule has 3 aromatic rings. The monoisotopic (exact) mass is 312 g/mol. The summed E-state index contributed by atoms with van der Waals surface area (Å²) in [7, 11) is 0. The molecule has 0 unspecified atom stereocenters. The summed E-state index contributed by atoms with van der Waals surface area (Å²) in [6.45, 7) is 2.03. The number of benzene rings is 1. The van der Waals surface area contributed by atoms with Gasteiger partial charge in [0.05, 0.1) is 23.5 Å². The van der Waals surface area contributed by atoms with Crippen LogP contribution in [0.3, 0.4) is 0 Å². The molecule has 1 atom stereocenters. The summed E-state index contributed by atoms with van der Waals surface area (Å²) in [5.74, 6) is -0.144. The van der Waals surface area contributed by atoms with Crippen LogP contribution in [0.2, 0.25) is 0 Å². The molecule has 2 heterocycles. The lowest BCUT2D eigenvalue weighted by Gasteiger charge is -2.14. The molecular weight excluding hydrogens is 296 g/mol. The predicted octanol–water partition coefficient (Wildman–Crippen LogP) is 3.41. The van der Waals surface area contributed by atoms with Gasteiger partial charge in [-0.3, -0.25) is 9.89 Å². The largest absolute Gasteiger partial charge is 0.343 e. The smallest absolute Gasteiger partial charge is 0.255 e. The predicted molar refractivity (Wildman–Crippen MR) is 86.6 cm³/mol. The van der Waals surface area contributed by atoms with E-state index in [1.54, 1.807) is 23.7 Å². The number of aromatic nitrogens is 3. The van der Waals surface area contributed by atoms with Gasteiger partial charge >= 0.3 is 0 Å². The maximum atomic E-state index is 12.6. The lowest BCUT2D eigenvalue weighted by Crippen LogP contribution is -2.28. The van der Waals surface area contributed by atoms with Crippen LogP contribution in [-0.2, 0) is 0 Å². The third kappa shape index (κ3) is 2.92. The Hall–Kier alpha value is -2.47. The lowest BCUT2D eigenvalue weighted by atomic mass is 10.1. The van der Waals surface area contributed by atoms with Crippen molar-refractivity contribution < 1.29 is 4.79 Å². The number of hydrogen-bond acceptors (Lipinski definition) is 4. The highest BCUT2D eigenvalue weighted by molar-refractivity contribution is 7.09. The molecule has 22 heavy (non-hydrogen) atoms. The van der Waals surface area contributed by atoms with Crippen LogP contribution in [0.25, 0.3) is 11.3 Å². The molecule has 3 rings (SSSR count). The average molecular weight is 312 g/mol. The molecule has 0 aliphatic carbocycles. The average Bonchev–Trinajstić information content (AvgIpc) is 3.24. The van der Waals surface area contributed by atoms with E-state index in [4.69, 9.17) is 0 Å². The molecule has 0 aliphatic heterocycles. The molecule has 1 amide bonds. The fourth-order valence-electron chi connectivity index (χ4n) is 2.26. The van der Waals surface area contributed by atoms with Crippen molar-refractivity contribution in [2.75, 3.05) is 0 Å².